The number of nitrogens with one attached hydrogen (secondary N) is 1. The minimum atomic E-state index is -0.529. The average Bonchev–Trinajstić information content (AvgIpc) is 3.21. The summed E-state index contributed by atoms with van der Waals surface area (Å²) in [4.78, 5) is 0. The van der Waals surface area contributed by atoms with E-state index < -0.39 is 5.92 Å². The summed E-state index contributed by atoms with van der Waals surface area (Å²) in [6.45, 7) is 0. The van der Waals surface area contributed by atoms with E-state index in [2.05, 4.69) is 20.6 Å². The summed E-state index contributed by atoms with van der Waals surface area (Å²) in [5, 5.41) is 16.2. The Morgan fingerprint density at radius 2 is 1.81 bits per heavy atom. The van der Waals surface area contributed by atoms with Crippen molar-refractivity contribution >= 4 is 16.3 Å². The third-order valence-electron chi connectivity index (χ3n) is 4.80. The summed E-state index contributed by atoms with van der Waals surface area (Å²) in [6.07, 6.45) is 0. The highest BCUT2D eigenvalue weighted by molar-refractivity contribution is 5.93. The zero-order valence-corrected chi connectivity index (χ0v) is 14.1. The second-order valence-electron chi connectivity index (χ2n) is 6.27. The van der Waals surface area contributed by atoms with Gasteiger partial charge in [0, 0.05) is 11.1 Å². The van der Waals surface area contributed by atoms with Gasteiger partial charge in [-0.1, -0.05) is 48.5 Å². The molecule has 6 nitrogen and oxygen atoms in total. The molecule has 0 amide bonds. The highest BCUT2D eigenvalue weighted by Gasteiger charge is 2.36. The van der Waals surface area contributed by atoms with Gasteiger partial charge >= 0.3 is 0 Å². The lowest BCUT2D eigenvalue weighted by atomic mass is 9.80. The van der Waals surface area contributed by atoms with Gasteiger partial charge in [-0.15, -0.1) is 10.2 Å². The van der Waals surface area contributed by atoms with E-state index in [1.54, 1.807) is 18.2 Å². The molecule has 0 spiro atoms. The number of nitrogens with two attached hydrogens (primary N) is 1. The summed E-state index contributed by atoms with van der Waals surface area (Å²) in [6, 6.07) is 18.3. The summed E-state index contributed by atoms with van der Waals surface area (Å²) in [5.41, 5.74) is 8.00. The van der Waals surface area contributed by atoms with Crippen LogP contribution in [0.3, 0.4) is 0 Å². The fourth-order valence-corrected chi connectivity index (χ4v) is 3.66. The van der Waals surface area contributed by atoms with Gasteiger partial charge < -0.3 is 10.5 Å². The lowest BCUT2D eigenvalue weighted by Crippen LogP contribution is -2.22. The maximum atomic E-state index is 14.8. The van der Waals surface area contributed by atoms with Crippen molar-refractivity contribution in [2.45, 2.75) is 5.92 Å². The molecule has 1 aliphatic rings. The summed E-state index contributed by atoms with van der Waals surface area (Å²) in [7, 11) is 0. The van der Waals surface area contributed by atoms with Gasteiger partial charge in [0.15, 0.2) is 5.88 Å². The monoisotopic (exact) mass is 359 g/mol. The number of H-pyrrole nitrogens is 1. The molecule has 0 radical (unpaired) electrons. The highest BCUT2D eigenvalue weighted by Crippen LogP contribution is 2.48. The van der Waals surface area contributed by atoms with Crippen LogP contribution in [0, 0.1) is 5.82 Å². The van der Waals surface area contributed by atoms with Gasteiger partial charge in [0.1, 0.15) is 11.6 Å². The number of nitrogens with zero attached hydrogens (tertiary/aromatic N) is 3. The first-order valence-corrected chi connectivity index (χ1v) is 8.41. The van der Waals surface area contributed by atoms with Crippen molar-refractivity contribution in [1.82, 2.24) is 20.6 Å². The van der Waals surface area contributed by atoms with Gasteiger partial charge in [-0.3, -0.25) is 0 Å². The summed E-state index contributed by atoms with van der Waals surface area (Å²) < 4.78 is 20.7. The standard InChI is InChI=1S/C20H14FN5O/c21-14-8-4-3-7-13(14)17-16-12-6-2-1-5-11(12)9-10-15(16)27-19(22)18(17)20-23-25-26-24-20/h1-10,17H,22H2,(H,23,24,25,26). The van der Waals surface area contributed by atoms with Crippen molar-refractivity contribution in [2.75, 3.05) is 0 Å². The normalized spacial score (nSPS) is 16.3. The fourth-order valence-electron chi connectivity index (χ4n) is 3.66. The molecule has 0 fully saturated rings. The number of benzene rings is 3. The van der Waals surface area contributed by atoms with Crippen LogP contribution in [-0.2, 0) is 0 Å². The van der Waals surface area contributed by atoms with Gasteiger partial charge in [-0.2, -0.15) is 5.21 Å². The SMILES string of the molecule is NC1=C(c2nn[nH]n2)C(c2ccccc2F)c2c(ccc3ccccc23)O1. The van der Waals surface area contributed by atoms with E-state index in [0.717, 1.165) is 16.3 Å². The van der Waals surface area contributed by atoms with Crippen LogP contribution in [0.25, 0.3) is 16.3 Å². The Bertz CT molecular complexity index is 1190. The lowest BCUT2D eigenvalue weighted by molar-refractivity contribution is 0.404. The molecular weight excluding hydrogens is 345 g/mol. The van der Waals surface area contributed by atoms with Crippen molar-refractivity contribution in [3.05, 3.63) is 89.3 Å². The molecule has 4 aromatic rings. The molecule has 1 unspecified atom stereocenters. The minimum Gasteiger partial charge on any atom is -0.441 e. The number of halogens is 1. The molecule has 2 heterocycles. The Balaban J connectivity index is 1.88. The molecular formula is C20H14FN5O. The van der Waals surface area contributed by atoms with Crippen LogP contribution in [0.1, 0.15) is 22.9 Å². The number of allylic oxidation sites excluding steroid dienone is 1. The second-order valence-corrected chi connectivity index (χ2v) is 6.27. The molecule has 1 atom stereocenters. The van der Waals surface area contributed by atoms with E-state index in [0.29, 0.717) is 16.9 Å². The van der Waals surface area contributed by atoms with E-state index in [1.165, 1.54) is 6.07 Å². The molecule has 7 heteroatoms. The first-order valence-electron chi connectivity index (χ1n) is 8.41. The molecule has 3 aromatic carbocycles. The van der Waals surface area contributed by atoms with Crippen molar-refractivity contribution in [2.24, 2.45) is 5.73 Å². The van der Waals surface area contributed by atoms with Gasteiger partial charge in [0.05, 0.1) is 11.5 Å². The van der Waals surface area contributed by atoms with Crippen LogP contribution >= 0.6 is 0 Å². The largest absolute Gasteiger partial charge is 0.441 e. The third-order valence-corrected chi connectivity index (χ3v) is 4.80. The maximum Gasteiger partial charge on any atom is 0.206 e. The van der Waals surface area contributed by atoms with E-state index >= 15 is 0 Å². The number of hydrogen-bond donors (Lipinski definition) is 2. The van der Waals surface area contributed by atoms with Crippen molar-refractivity contribution in [3.63, 3.8) is 0 Å². The molecule has 132 valence electrons. The smallest absolute Gasteiger partial charge is 0.206 e. The Hall–Kier alpha value is -3.74. The van der Waals surface area contributed by atoms with Crippen molar-refractivity contribution in [3.8, 4) is 5.75 Å². The van der Waals surface area contributed by atoms with Gasteiger partial charge in [0.25, 0.3) is 0 Å². The Morgan fingerprint density at radius 3 is 2.63 bits per heavy atom. The van der Waals surface area contributed by atoms with Crippen LogP contribution in [0.4, 0.5) is 4.39 Å². The van der Waals surface area contributed by atoms with Crippen LogP contribution in [0.2, 0.25) is 0 Å². The number of hydrogen-bond acceptors (Lipinski definition) is 5. The van der Waals surface area contributed by atoms with Crippen LogP contribution < -0.4 is 10.5 Å². The number of tetrazole rings is 1. The maximum absolute atomic E-state index is 14.8. The van der Waals surface area contributed by atoms with E-state index in [4.69, 9.17) is 10.5 Å². The quantitative estimate of drug-likeness (QED) is 0.573. The Labute approximate surface area is 153 Å². The molecule has 27 heavy (non-hydrogen) atoms. The molecule has 0 saturated heterocycles. The van der Waals surface area contributed by atoms with Crippen LogP contribution in [0.15, 0.2) is 66.5 Å². The van der Waals surface area contributed by atoms with E-state index in [-0.39, 0.29) is 17.5 Å². The Morgan fingerprint density at radius 1 is 1.00 bits per heavy atom. The Kier molecular flexibility index (Phi) is 3.39. The average molecular weight is 359 g/mol. The number of fused-ring (bicyclic) bond motifs is 3. The molecule has 0 aliphatic carbocycles. The summed E-state index contributed by atoms with van der Waals surface area (Å²) >= 11 is 0. The van der Waals surface area contributed by atoms with Gasteiger partial charge in [-0.05, 0) is 28.1 Å². The predicted octanol–water partition coefficient (Wildman–Crippen LogP) is 3.34. The first-order chi connectivity index (χ1) is 13.2. The first kappa shape index (κ1) is 15.5. The van der Waals surface area contributed by atoms with Crippen LogP contribution in [-0.4, -0.2) is 20.6 Å². The van der Waals surface area contributed by atoms with Crippen molar-refractivity contribution < 1.29 is 9.13 Å². The zero-order valence-electron chi connectivity index (χ0n) is 14.1. The van der Waals surface area contributed by atoms with E-state index in [9.17, 15) is 4.39 Å². The van der Waals surface area contributed by atoms with E-state index in [1.807, 2.05) is 36.4 Å². The van der Waals surface area contributed by atoms with Gasteiger partial charge in [-0.25, -0.2) is 4.39 Å². The number of ether oxygens (including phenoxy) is 1. The molecule has 3 N–H and O–H groups in total. The number of rotatable bonds is 2. The highest BCUT2D eigenvalue weighted by atomic mass is 19.1. The minimum absolute atomic E-state index is 0.132. The topological polar surface area (TPSA) is 89.7 Å². The second kappa shape index (κ2) is 5.91. The molecule has 0 saturated carbocycles. The molecule has 1 aliphatic heterocycles. The number of aromatic amines is 1. The molecule has 1 aromatic heterocycles. The summed E-state index contributed by atoms with van der Waals surface area (Å²) in [5.74, 6) is 0.134. The zero-order chi connectivity index (χ0) is 18.4. The van der Waals surface area contributed by atoms with Crippen LogP contribution in [0.5, 0.6) is 5.75 Å². The lowest BCUT2D eigenvalue weighted by Gasteiger charge is -2.29. The predicted molar refractivity (Wildman–Crippen MR) is 98.1 cm³/mol. The van der Waals surface area contributed by atoms with Crippen molar-refractivity contribution in [1.29, 1.82) is 0 Å². The molecule has 0 bridgehead atoms. The fraction of sp³-hybridized carbons (Fsp3) is 0.0500. The number of aromatic nitrogens is 4. The third kappa shape index (κ3) is 2.36. The van der Waals surface area contributed by atoms with Gasteiger partial charge in [0.2, 0.25) is 5.82 Å². The molecule has 5 rings (SSSR count).